The second kappa shape index (κ2) is 16.8. The Labute approximate surface area is 386 Å². The molecule has 11 rings (SSSR count). The summed E-state index contributed by atoms with van der Waals surface area (Å²) < 4.78 is 7.01. The number of nitrogens with zero attached hydrogens (tertiary/aromatic N) is 3. The Hall–Kier alpha value is -7.30. The Balaban J connectivity index is 0.00000484. The average molecular weight is 999 g/mol. The fourth-order valence-corrected chi connectivity index (χ4v) is 9.11. The van der Waals surface area contributed by atoms with Gasteiger partial charge in [-0.3, -0.25) is 15.0 Å². The average Bonchev–Trinajstić information content (AvgIpc) is 3.76. The van der Waals surface area contributed by atoms with Gasteiger partial charge in [0.1, 0.15) is 5.58 Å². The van der Waals surface area contributed by atoms with Gasteiger partial charge in [-0.1, -0.05) is 120 Å². The van der Waals surface area contributed by atoms with Gasteiger partial charge in [0.25, 0.3) is 0 Å². The van der Waals surface area contributed by atoms with E-state index >= 15 is 0 Å². The topological polar surface area (TPSA) is 51.8 Å². The number of hydrogen-bond acceptors (Lipinski definition) is 4. The molecule has 2 unspecified atom stereocenters. The molecule has 0 aliphatic rings. The quantitative estimate of drug-likeness (QED) is 0.135. The van der Waals surface area contributed by atoms with Crippen LogP contribution in [0.5, 0.6) is 0 Å². The minimum atomic E-state index is -0.792. The number of hydrogen-bond donors (Lipinski definition) is 0. The van der Waals surface area contributed by atoms with Gasteiger partial charge in [-0.25, -0.2) is 0 Å². The summed E-state index contributed by atoms with van der Waals surface area (Å²) in [6.45, 7) is 4.41. The first-order valence-corrected chi connectivity index (χ1v) is 21.3. The molecule has 4 heterocycles. The molecule has 0 N–H and O–H groups in total. The van der Waals surface area contributed by atoms with Gasteiger partial charge in [-0.15, -0.1) is 28.8 Å². The van der Waals surface area contributed by atoms with Gasteiger partial charge in [-0.05, 0) is 77.5 Å². The van der Waals surface area contributed by atoms with E-state index in [1.807, 2.05) is 54.9 Å². The van der Waals surface area contributed by atoms with Gasteiger partial charge in [0.05, 0.1) is 22.4 Å². The van der Waals surface area contributed by atoms with E-state index in [4.69, 9.17) is 19.4 Å². The Kier molecular flexibility index (Phi) is 10.7. The van der Waals surface area contributed by atoms with Crippen molar-refractivity contribution in [2.75, 3.05) is 0 Å². The van der Waals surface area contributed by atoms with Crippen LogP contribution in [0.2, 0.25) is 0 Å². The number of rotatable bonds is 9. The van der Waals surface area contributed by atoms with Crippen LogP contribution in [0.25, 0.3) is 66.2 Å². The molecule has 7 aromatic carbocycles. The zero-order chi connectivity index (χ0) is 42.4. The summed E-state index contributed by atoms with van der Waals surface area (Å²) in [6.07, 6.45) is 3.75. The molecule has 0 amide bonds. The molecule has 5 heteroatoms. The van der Waals surface area contributed by atoms with Crippen molar-refractivity contribution in [3.05, 3.63) is 258 Å². The minimum absolute atomic E-state index is 0. The largest absolute Gasteiger partial charge is 3.00 e. The molecule has 4 aromatic heterocycles. The summed E-state index contributed by atoms with van der Waals surface area (Å²) >= 11 is 0. The third-order valence-electron chi connectivity index (χ3n) is 12.7. The normalized spacial score (nSPS) is 13.3. The van der Waals surface area contributed by atoms with Crippen LogP contribution in [0.3, 0.4) is 0 Å². The zero-order valence-electron chi connectivity index (χ0n) is 35.2. The summed E-state index contributed by atoms with van der Waals surface area (Å²) in [7, 11) is 0. The minimum Gasteiger partial charge on any atom is -0.500 e. The van der Waals surface area contributed by atoms with E-state index in [9.17, 15) is 0 Å². The molecule has 0 radical (unpaired) electrons. The maximum Gasteiger partial charge on any atom is 3.00 e. The summed E-state index contributed by atoms with van der Waals surface area (Å²) in [5.74, 6) is 0. The molecule has 0 saturated heterocycles. The van der Waals surface area contributed by atoms with Gasteiger partial charge in [0.15, 0.2) is 0 Å². The Bertz CT molecular complexity index is 3370. The molecule has 2 atom stereocenters. The first-order valence-electron chi connectivity index (χ1n) is 21.3. The molecule has 0 aliphatic heterocycles. The third-order valence-corrected chi connectivity index (χ3v) is 12.7. The monoisotopic (exact) mass is 999 g/mol. The summed E-state index contributed by atoms with van der Waals surface area (Å²) in [5, 5.41) is 4.18. The number of aromatic nitrogens is 3. The van der Waals surface area contributed by atoms with E-state index in [2.05, 4.69) is 184 Å². The summed E-state index contributed by atoms with van der Waals surface area (Å²) in [6, 6.07) is 78.0. The van der Waals surface area contributed by atoms with Crippen molar-refractivity contribution < 1.29 is 24.5 Å². The van der Waals surface area contributed by atoms with Gasteiger partial charge in [-0.2, -0.15) is 60.7 Å². The van der Waals surface area contributed by atoms with Gasteiger partial charge in [0, 0.05) is 34.3 Å². The van der Waals surface area contributed by atoms with Crippen molar-refractivity contribution in [3.63, 3.8) is 0 Å². The summed E-state index contributed by atoms with van der Waals surface area (Å²) in [5.41, 5.74) is 11.5. The van der Waals surface area contributed by atoms with Crippen LogP contribution in [0.1, 0.15) is 47.6 Å². The number of benzene rings is 7. The number of pyridine rings is 3. The van der Waals surface area contributed by atoms with Crippen LogP contribution >= 0.6 is 0 Å². The van der Waals surface area contributed by atoms with Crippen LogP contribution in [0.4, 0.5) is 0 Å². The smallest absolute Gasteiger partial charge is 0.500 e. The molecule has 0 saturated carbocycles. The first kappa shape index (κ1) is 40.8. The van der Waals surface area contributed by atoms with Crippen molar-refractivity contribution in [1.82, 2.24) is 15.0 Å². The molecule has 0 fully saturated rings. The standard InChI is InChI=1S/C59H40N3O.Ir/c1-58(45-20-8-4-9-21-45,53-26-14-15-35-60-53)47-38-50-49-33-32-43-19-12-13-24-48(43)56(49)63-57(50)51(39-47)52-25-16-27-54(62-52)59(2,46-22-10-5-11-23-46)55-37-44(34-36-61-55)42-30-28-41(29-31-42)40-17-6-3-7-18-40;/h3-20,22,24-38H,1-2H3;/q-3;+3. The fraction of sp³-hybridized carbons (Fsp3) is 0.0678. The van der Waals surface area contributed by atoms with Gasteiger partial charge < -0.3 is 4.42 Å². The van der Waals surface area contributed by atoms with E-state index < -0.39 is 10.8 Å². The van der Waals surface area contributed by atoms with E-state index in [1.54, 1.807) is 0 Å². The third kappa shape index (κ3) is 6.95. The van der Waals surface area contributed by atoms with Crippen molar-refractivity contribution in [1.29, 1.82) is 0 Å². The fourth-order valence-electron chi connectivity index (χ4n) is 9.11. The second-order valence-corrected chi connectivity index (χ2v) is 16.4. The Morgan fingerprint density at radius 1 is 0.438 bits per heavy atom. The SMILES string of the molecule is CC(c1[c-]cccc1)(c1[c-]c(-c2cccc(C(C)(c3[c-]cccc3)c3cc(-c4ccc(-c5ccccc5)cc4)ccn3)n2)c2oc3c4ccccc4ccc3c2c1)c1ccccn1.[Ir+3]. The number of fused-ring (bicyclic) bond motifs is 5. The van der Waals surface area contributed by atoms with E-state index in [-0.39, 0.29) is 20.1 Å². The molecule has 0 spiro atoms. The predicted octanol–water partition coefficient (Wildman–Crippen LogP) is 14.0. The van der Waals surface area contributed by atoms with Crippen molar-refractivity contribution in [3.8, 4) is 33.5 Å². The van der Waals surface area contributed by atoms with Crippen molar-refractivity contribution >= 4 is 32.7 Å². The van der Waals surface area contributed by atoms with Crippen molar-refractivity contribution in [2.24, 2.45) is 0 Å². The Morgan fingerprint density at radius 3 is 1.83 bits per heavy atom. The van der Waals surface area contributed by atoms with Crippen LogP contribution in [-0.2, 0) is 30.9 Å². The molecule has 11 aromatic rings. The molecule has 0 bridgehead atoms. The first-order chi connectivity index (χ1) is 31.0. The summed E-state index contributed by atoms with van der Waals surface area (Å²) in [4.78, 5) is 15.6. The van der Waals surface area contributed by atoms with Crippen LogP contribution in [-0.4, -0.2) is 15.0 Å². The molecule has 4 nitrogen and oxygen atoms in total. The predicted molar refractivity (Wildman–Crippen MR) is 254 cm³/mol. The van der Waals surface area contributed by atoms with Crippen LogP contribution < -0.4 is 0 Å². The van der Waals surface area contributed by atoms with Gasteiger partial charge in [0.2, 0.25) is 0 Å². The zero-order valence-corrected chi connectivity index (χ0v) is 37.6. The Morgan fingerprint density at radius 2 is 1.09 bits per heavy atom. The molecular formula is C59H40IrN3O. The van der Waals surface area contributed by atoms with Gasteiger partial charge >= 0.3 is 20.1 Å². The second-order valence-electron chi connectivity index (χ2n) is 16.4. The molecule has 64 heavy (non-hydrogen) atoms. The van der Waals surface area contributed by atoms with E-state index in [1.165, 1.54) is 11.1 Å². The molecule has 0 aliphatic carbocycles. The van der Waals surface area contributed by atoms with E-state index in [0.717, 1.165) is 88.9 Å². The number of furan rings is 1. The maximum absolute atomic E-state index is 7.01. The van der Waals surface area contributed by atoms with E-state index in [0.29, 0.717) is 0 Å². The van der Waals surface area contributed by atoms with Crippen LogP contribution in [0.15, 0.2) is 211 Å². The van der Waals surface area contributed by atoms with Crippen molar-refractivity contribution in [2.45, 2.75) is 24.7 Å². The molecular weight excluding hydrogens is 959 g/mol. The molecule has 306 valence electrons. The maximum atomic E-state index is 7.01. The van der Waals surface area contributed by atoms with Crippen LogP contribution in [0, 0.1) is 18.2 Å².